The molecule has 110 valence electrons. The van der Waals surface area contributed by atoms with Gasteiger partial charge in [-0.1, -0.05) is 11.8 Å². The smallest absolute Gasteiger partial charge is 0.262 e. The lowest BCUT2D eigenvalue weighted by Gasteiger charge is -2.05. The summed E-state index contributed by atoms with van der Waals surface area (Å²) in [5, 5.41) is 3.24. The third kappa shape index (κ3) is 3.08. The largest absolute Gasteiger partial charge is 0.360 e. The minimum atomic E-state index is -0.537. The van der Waals surface area contributed by atoms with Gasteiger partial charge in [0.2, 0.25) is 5.43 Å². The van der Waals surface area contributed by atoms with Crippen molar-refractivity contribution in [2.24, 2.45) is 4.99 Å². The predicted molar refractivity (Wildman–Crippen MR) is 84.0 cm³/mol. The highest BCUT2D eigenvalue weighted by Crippen LogP contribution is 2.12. The Balaban J connectivity index is 0.00000161. The lowest BCUT2D eigenvalue weighted by atomic mass is 10.1. The fraction of sp³-hybridized carbons (Fsp3) is 0.154. The van der Waals surface area contributed by atoms with Gasteiger partial charge in [0.05, 0.1) is 6.54 Å². The predicted octanol–water partition coefficient (Wildman–Crippen LogP) is 1.92. The third-order valence-corrected chi connectivity index (χ3v) is 3.78. The van der Waals surface area contributed by atoms with Crippen LogP contribution in [0.4, 0.5) is 4.39 Å². The van der Waals surface area contributed by atoms with Gasteiger partial charge >= 0.3 is 0 Å². The molecule has 1 aromatic carbocycles. The number of nitrogens with one attached hydrogen (secondary N) is 2. The number of amides is 1. The molecule has 2 aromatic rings. The topological polar surface area (TPSA) is 74.3 Å². The van der Waals surface area contributed by atoms with E-state index in [-0.39, 0.29) is 23.4 Å². The monoisotopic (exact) mass is 327 g/mol. The number of thioether (sulfide) groups is 1. The standard InChI is InChI=1S/C13H10FN3O2S.ClH/c14-7-1-2-10-8(5-7)11(18)9(6-16-10)12(19)17-13-15-3-4-20-13;/h1-2,5-6H,3-4H2,(H,16,18)(H,15,17,19);1H. The molecule has 0 unspecified atom stereocenters. The van der Waals surface area contributed by atoms with Gasteiger partial charge in [-0.3, -0.25) is 14.6 Å². The normalized spacial score (nSPS) is 13.7. The second kappa shape index (κ2) is 6.28. The van der Waals surface area contributed by atoms with Crippen LogP contribution in [0.1, 0.15) is 10.4 Å². The molecular formula is C13H11ClFN3O2S. The van der Waals surface area contributed by atoms with Crippen molar-refractivity contribution < 1.29 is 9.18 Å². The highest BCUT2D eigenvalue weighted by molar-refractivity contribution is 8.14. The molecule has 5 nitrogen and oxygen atoms in total. The van der Waals surface area contributed by atoms with Crippen LogP contribution in [0.5, 0.6) is 0 Å². The van der Waals surface area contributed by atoms with E-state index in [4.69, 9.17) is 0 Å². The molecule has 0 saturated heterocycles. The molecule has 1 aliphatic heterocycles. The van der Waals surface area contributed by atoms with Crippen molar-refractivity contribution in [2.45, 2.75) is 0 Å². The van der Waals surface area contributed by atoms with E-state index in [0.717, 1.165) is 11.8 Å². The van der Waals surface area contributed by atoms with Crippen molar-refractivity contribution in [3.8, 4) is 0 Å². The summed E-state index contributed by atoms with van der Waals surface area (Å²) in [6, 6.07) is 3.83. The molecule has 0 saturated carbocycles. The van der Waals surface area contributed by atoms with Gasteiger partial charge in [-0.2, -0.15) is 0 Å². The molecule has 0 bridgehead atoms. The number of carbonyl (C=O) groups is 1. The molecule has 8 heteroatoms. The van der Waals surface area contributed by atoms with Gasteiger partial charge in [-0.25, -0.2) is 4.39 Å². The van der Waals surface area contributed by atoms with Crippen LogP contribution in [0.15, 0.2) is 34.2 Å². The lowest BCUT2D eigenvalue weighted by molar-refractivity contribution is 0.0977. The first-order chi connectivity index (χ1) is 9.65. The summed E-state index contributed by atoms with van der Waals surface area (Å²) >= 11 is 1.42. The lowest BCUT2D eigenvalue weighted by Crippen LogP contribution is -2.31. The number of aromatic amines is 1. The van der Waals surface area contributed by atoms with E-state index < -0.39 is 17.2 Å². The molecule has 2 N–H and O–H groups in total. The Kier molecular flexibility index (Phi) is 4.64. The zero-order chi connectivity index (χ0) is 14.1. The van der Waals surface area contributed by atoms with E-state index in [2.05, 4.69) is 15.3 Å². The van der Waals surface area contributed by atoms with Crippen LogP contribution < -0.4 is 10.7 Å². The summed E-state index contributed by atoms with van der Waals surface area (Å²) in [5.74, 6) is -0.239. The fourth-order valence-corrected chi connectivity index (χ4v) is 2.66. The van der Waals surface area contributed by atoms with Crippen molar-refractivity contribution in [2.75, 3.05) is 12.3 Å². The molecule has 2 heterocycles. The van der Waals surface area contributed by atoms with E-state index in [1.807, 2.05) is 0 Å². The number of H-pyrrole nitrogens is 1. The second-order valence-electron chi connectivity index (χ2n) is 4.21. The molecule has 1 amide bonds. The van der Waals surface area contributed by atoms with Crippen molar-refractivity contribution in [1.29, 1.82) is 0 Å². The number of hydrogen-bond acceptors (Lipinski definition) is 4. The number of amidine groups is 1. The van der Waals surface area contributed by atoms with Gasteiger partial charge in [-0.05, 0) is 18.2 Å². The molecule has 0 fully saturated rings. The molecule has 1 aromatic heterocycles. The Hall–Kier alpha value is -1.86. The average molecular weight is 328 g/mol. The maximum atomic E-state index is 13.2. The molecule has 0 spiro atoms. The fourth-order valence-electron chi connectivity index (χ4n) is 1.93. The van der Waals surface area contributed by atoms with E-state index in [0.29, 0.717) is 17.2 Å². The van der Waals surface area contributed by atoms with Crippen LogP contribution in [0, 0.1) is 5.82 Å². The molecule has 21 heavy (non-hydrogen) atoms. The van der Waals surface area contributed by atoms with Gasteiger partial charge < -0.3 is 10.3 Å². The number of benzene rings is 1. The molecule has 0 atom stereocenters. The number of carbonyl (C=O) groups excluding carboxylic acids is 1. The van der Waals surface area contributed by atoms with E-state index in [1.54, 1.807) is 0 Å². The first-order valence-corrected chi connectivity index (χ1v) is 6.93. The summed E-state index contributed by atoms with van der Waals surface area (Å²) in [6.45, 7) is 0.652. The third-order valence-electron chi connectivity index (χ3n) is 2.89. The summed E-state index contributed by atoms with van der Waals surface area (Å²) < 4.78 is 13.2. The van der Waals surface area contributed by atoms with Gasteiger partial charge in [0, 0.05) is 22.9 Å². The van der Waals surface area contributed by atoms with Gasteiger partial charge in [0.15, 0.2) is 5.17 Å². The van der Waals surface area contributed by atoms with Crippen LogP contribution in [0.3, 0.4) is 0 Å². The minimum absolute atomic E-state index is 0. The highest BCUT2D eigenvalue weighted by Gasteiger charge is 2.16. The number of hydrogen-bond donors (Lipinski definition) is 2. The van der Waals surface area contributed by atoms with Crippen molar-refractivity contribution >= 4 is 46.1 Å². The zero-order valence-electron chi connectivity index (χ0n) is 10.7. The molecular weight excluding hydrogens is 317 g/mol. The maximum Gasteiger partial charge on any atom is 0.262 e. The minimum Gasteiger partial charge on any atom is -0.360 e. The number of halogens is 2. The first-order valence-electron chi connectivity index (χ1n) is 5.95. The number of rotatable bonds is 1. The number of aliphatic imine (C=N–C) groups is 1. The highest BCUT2D eigenvalue weighted by atomic mass is 35.5. The Morgan fingerprint density at radius 2 is 2.24 bits per heavy atom. The summed E-state index contributed by atoms with van der Waals surface area (Å²) in [6.07, 6.45) is 1.33. The number of nitrogens with zero attached hydrogens (tertiary/aromatic N) is 1. The van der Waals surface area contributed by atoms with Crippen LogP contribution in [-0.2, 0) is 0 Å². The Labute approximate surface area is 129 Å². The van der Waals surface area contributed by atoms with Crippen molar-refractivity contribution in [3.05, 3.63) is 46.0 Å². The zero-order valence-corrected chi connectivity index (χ0v) is 12.3. The maximum absolute atomic E-state index is 13.2. The Bertz CT molecular complexity index is 791. The van der Waals surface area contributed by atoms with E-state index >= 15 is 0 Å². The second-order valence-corrected chi connectivity index (χ2v) is 5.29. The molecule has 0 radical (unpaired) electrons. The average Bonchev–Trinajstić information content (AvgIpc) is 2.92. The van der Waals surface area contributed by atoms with Gasteiger partial charge in [0.25, 0.3) is 5.91 Å². The van der Waals surface area contributed by atoms with E-state index in [1.165, 1.54) is 30.1 Å². The quantitative estimate of drug-likeness (QED) is 0.840. The number of pyridine rings is 1. The Morgan fingerprint density at radius 3 is 2.95 bits per heavy atom. The molecule has 1 aliphatic rings. The van der Waals surface area contributed by atoms with Gasteiger partial charge in [-0.15, -0.1) is 12.4 Å². The van der Waals surface area contributed by atoms with Gasteiger partial charge in [0.1, 0.15) is 11.4 Å². The summed E-state index contributed by atoms with van der Waals surface area (Å²) in [7, 11) is 0. The number of fused-ring (bicyclic) bond motifs is 1. The Morgan fingerprint density at radius 1 is 1.43 bits per heavy atom. The first kappa shape index (κ1) is 15.5. The van der Waals surface area contributed by atoms with Crippen LogP contribution in [0.25, 0.3) is 10.9 Å². The number of aromatic nitrogens is 1. The van der Waals surface area contributed by atoms with E-state index in [9.17, 15) is 14.0 Å². The van der Waals surface area contributed by atoms with Crippen LogP contribution in [0.2, 0.25) is 0 Å². The molecule has 0 aliphatic carbocycles. The SMILES string of the molecule is Cl.O=C(NC1=NCCS1)c1c[nH]c2ccc(F)cc2c1=O. The molecule has 3 rings (SSSR count). The van der Waals surface area contributed by atoms with Crippen LogP contribution in [-0.4, -0.2) is 28.4 Å². The summed E-state index contributed by atoms with van der Waals surface area (Å²) in [5.41, 5.74) is -0.0711. The van der Waals surface area contributed by atoms with Crippen molar-refractivity contribution in [1.82, 2.24) is 10.3 Å². The van der Waals surface area contributed by atoms with Crippen molar-refractivity contribution in [3.63, 3.8) is 0 Å². The van der Waals surface area contributed by atoms with Crippen LogP contribution >= 0.6 is 24.2 Å². The summed E-state index contributed by atoms with van der Waals surface area (Å²) in [4.78, 5) is 31.1.